The Hall–Kier alpha value is -4.70. The van der Waals surface area contributed by atoms with Gasteiger partial charge in [0, 0.05) is 41.1 Å². The SMILES string of the molecule is CCCCCCN1/C(=C\C=C2C=C(/C=C/C3=[N+](C)c4ccc5ccccc5c4C3(C)C)CCC\2)C(C)(C)c2c1ccc1ccccc21.O=CO. The number of rotatable bonds is 8. The Bertz CT molecular complexity index is 2070. The highest BCUT2D eigenvalue weighted by Gasteiger charge is 2.44. The van der Waals surface area contributed by atoms with Crippen molar-refractivity contribution < 1.29 is 14.5 Å². The quantitative estimate of drug-likeness (QED) is 0.116. The van der Waals surface area contributed by atoms with Gasteiger partial charge in [-0.15, -0.1) is 0 Å². The van der Waals surface area contributed by atoms with E-state index in [2.05, 4.69) is 154 Å². The second-order valence-electron chi connectivity index (χ2n) is 15.1. The molecule has 0 saturated carbocycles. The Balaban J connectivity index is 0.00000139. The average Bonchev–Trinajstić information content (AvgIpc) is 3.46. The van der Waals surface area contributed by atoms with Crippen LogP contribution in [-0.2, 0) is 15.6 Å². The second kappa shape index (κ2) is 14.6. The first-order chi connectivity index (χ1) is 24.1. The number of hydrogen-bond acceptors (Lipinski definition) is 2. The molecule has 0 atom stereocenters. The first-order valence-electron chi connectivity index (χ1n) is 18.4. The minimum Gasteiger partial charge on any atom is -0.483 e. The summed E-state index contributed by atoms with van der Waals surface area (Å²) in [5, 5.41) is 12.3. The van der Waals surface area contributed by atoms with E-state index in [1.807, 2.05) is 0 Å². The summed E-state index contributed by atoms with van der Waals surface area (Å²) in [4.78, 5) is 11.0. The number of anilines is 1. The highest BCUT2D eigenvalue weighted by Crippen LogP contribution is 2.51. The van der Waals surface area contributed by atoms with Crippen molar-refractivity contribution in [1.82, 2.24) is 0 Å². The normalized spacial score (nSPS) is 19.2. The third kappa shape index (κ3) is 6.49. The smallest absolute Gasteiger partial charge is 0.290 e. The zero-order valence-electron chi connectivity index (χ0n) is 30.8. The van der Waals surface area contributed by atoms with Gasteiger partial charge in [-0.3, -0.25) is 4.79 Å². The molecule has 2 aliphatic heterocycles. The fourth-order valence-electron chi connectivity index (χ4n) is 8.68. The van der Waals surface area contributed by atoms with Crippen LogP contribution < -0.4 is 4.90 Å². The van der Waals surface area contributed by atoms with Crippen LogP contribution >= 0.6 is 0 Å². The molecule has 0 bridgehead atoms. The van der Waals surface area contributed by atoms with Gasteiger partial charge in [-0.05, 0) is 96.0 Å². The molecule has 0 unspecified atom stereocenters. The van der Waals surface area contributed by atoms with Gasteiger partial charge < -0.3 is 10.0 Å². The van der Waals surface area contributed by atoms with Crippen LogP contribution in [0.1, 0.15) is 90.7 Å². The number of hydrogen-bond donors (Lipinski definition) is 1. The number of allylic oxidation sites excluding steroid dienone is 8. The molecule has 0 amide bonds. The van der Waals surface area contributed by atoms with Gasteiger partial charge >= 0.3 is 0 Å². The van der Waals surface area contributed by atoms with E-state index >= 15 is 0 Å². The molecule has 50 heavy (non-hydrogen) atoms. The molecule has 0 spiro atoms. The van der Waals surface area contributed by atoms with E-state index in [1.54, 1.807) is 0 Å². The van der Waals surface area contributed by atoms with E-state index in [9.17, 15) is 0 Å². The van der Waals surface area contributed by atoms with Gasteiger partial charge in [-0.1, -0.05) is 113 Å². The molecule has 2 heterocycles. The molecule has 4 aromatic carbocycles. The average molecular weight is 666 g/mol. The molecule has 0 fully saturated rings. The lowest BCUT2D eigenvalue weighted by Crippen LogP contribution is -2.27. The Morgan fingerprint density at radius 1 is 0.780 bits per heavy atom. The van der Waals surface area contributed by atoms with Crippen molar-refractivity contribution in [3.8, 4) is 0 Å². The van der Waals surface area contributed by atoms with E-state index in [4.69, 9.17) is 9.90 Å². The maximum atomic E-state index is 8.36. The van der Waals surface area contributed by atoms with Crippen LogP contribution in [0.3, 0.4) is 0 Å². The topological polar surface area (TPSA) is 43.5 Å². The zero-order chi connectivity index (χ0) is 35.5. The first-order valence-corrected chi connectivity index (χ1v) is 18.4. The first kappa shape index (κ1) is 35.1. The summed E-state index contributed by atoms with van der Waals surface area (Å²) in [6, 6.07) is 27.0. The van der Waals surface area contributed by atoms with Gasteiger partial charge in [-0.2, -0.15) is 4.58 Å². The van der Waals surface area contributed by atoms with Crippen LogP contribution in [0.15, 0.2) is 120 Å². The lowest BCUT2D eigenvalue weighted by atomic mass is 9.79. The van der Waals surface area contributed by atoms with Gasteiger partial charge in [-0.25, -0.2) is 0 Å². The van der Waals surface area contributed by atoms with Crippen molar-refractivity contribution >= 4 is 45.1 Å². The molecule has 7 rings (SSSR count). The summed E-state index contributed by atoms with van der Waals surface area (Å²) in [6.07, 6.45) is 20.7. The van der Waals surface area contributed by atoms with Crippen molar-refractivity contribution in [1.29, 1.82) is 0 Å². The van der Waals surface area contributed by atoms with Crippen molar-refractivity contribution in [2.24, 2.45) is 0 Å². The molecule has 1 aliphatic carbocycles. The Morgan fingerprint density at radius 3 is 2.14 bits per heavy atom. The van der Waals surface area contributed by atoms with Crippen LogP contribution in [0.25, 0.3) is 21.5 Å². The van der Waals surface area contributed by atoms with Crippen molar-refractivity contribution in [3.63, 3.8) is 0 Å². The standard InChI is InChI=1S/C45H51N2.CH2O2/c1-7-8-9-14-30-47-39-27-25-35-19-11-13-21-37(35)43(39)45(4,5)41(47)29-23-33-17-15-16-32(31-33)22-28-40-44(2,3)42-36-20-12-10-18-34(36)24-26-38(42)46(40)6;2-1-3/h10-13,18-29,31H,7-9,14-17,30H2,1-6H3;1H,(H,2,3)/q+1;. The third-order valence-electron chi connectivity index (χ3n) is 11.1. The molecular weight excluding hydrogens is 613 g/mol. The Kier molecular flexibility index (Phi) is 10.3. The largest absolute Gasteiger partial charge is 0.483 e. The molecule has 0 aromatic heterocycles. The highest BCUT2D eigenvalue weighted by molar-refractivity contribution is 6.07. The molecule has 258 valence electrons. The third-order valence-corrected chi connectivity index (χ3v) is 11.1. The molecule has 3 aliphatic rings. The molecule has 0 radical (unpaired) electrons. The van der Waals surface area contributed by atoms with E-state index in [0.29, 0.717) is 0 Å². The van der Waals surface area contributed by atoms with Crippen molar-refractivity contribution in [2.45, 2.75) is 90.4 Å². The summed E-state index contributed by atoms with van der Waals surface area (Å²) in [7, 11) is 2.23. The lowest BCUT2D eigenvalue weighted by molar-refractivity contribution is -0.401. The zero-order valence-corrected chi connectivity index (χ0v) is 30.8. The van der Waals surface area contributed by atoms with E-state index < -0.39 is 0 Å². The molecule has 4 aromatic rings. The minimum absolute atomic E-state index is 0.0619. The fourth-order valence-corrected chi connectivity index (χ4v) is 8.68. The molecule has 1 N–H and O–H groups in total. The second-order valence-corrected chi connectivity index (χ2v) is 15.1. The molecule has 0 saturated heterocycles. The molecular formula is C46H53N2O2+. The van der Waals surface area contributed by atoms with Gasteiger partial charge in [0.05, 0.1) is 5.41 Å². The minimum atomic E-state index is -0.250. The van der Waals surface area contributed by atoms with Gasteiger partial charge in [0.25, 0.3) is 6.47 Å². The molecule has 4 nitrogen and oxygen atoms in total. The predicted molar refractivity (Wildman–Crippen MR) is 212 cm³/mol. The van der Waals surface area contributed by atoms with Crippen molar-refractivity contribution in [3.05, 3.63) is 131 Å². The van der Waals surface area contributed by atoms with E-state index in [1.165, 1.54) is 98.7 Å². The summed E-state index contributed by atoms with van der Waals surface area (Å²) in [5.41, 5.74) is 11.2. The summed E-state index contributed by atoms with van der Waals surface area (Å²) < 4.78 is 2.40. The Morgan fingerprint density at radius 2 is 1.44 bits per heavy atom. The van der Waals surface area contributed by atoms with Crippen LogP contribution in [0, 0.1) is 0 Å². The van der Waals surface area contributed by atoms with E-state index in [-0.39, 0.29) is 17.3 Å². The number of carbonyl (C=O) groups is 1. The van der Waals surface area contributed by atoms with Gasteiger partial charge in [0.15, 0.2) is 5.71 Å². The van der Waals surface area contributed by atoms with Crippen LogP contribution in [0.5, 0.6) is 0 Å². The lowest BCUT2D eigenvalue weighted by Gasteiger charge is -2.27. The molecule has 4 heteroatoms. The number of benzene rings is 4. The van der Waals surface area contributed by atoms with Crippen LogP contribution in [0.4, 0.5) is 11.4 Å². The number of carboxylic acid groups (broad SMARTS) is 1. The maximum Gasteiger partial charge on any atom is 0.290 e. The van der Waals surface area contributed by atoms with Gasteiger partial charge in [0.2, 0.25) is 5.69 Å². The van der Waals surface area contributed by atoms with Crippen LogP contribution in [-0.4, -0.2) is 35.5 Å². The maximum absolute atomic E-state index is 8.36. The Labute approximate surface area is 298 Å². The summed E-state index contributed by atoms with van der Waals surface area (Å²) >= 11 is 0. The summed E-state index contributed by atoms with van der Waals surface area (Å²) in [5.74, 6) is 0. The van der Waals surface area contributed by atoms with Crippen LogP contribution in [0.2, 0.25) is 0 Å². The highest BCUT2D eigenvalue weighted by atomic mass is 16.3. The number of unbranched alkanes of at least 4 members (excludes halogenated alkanes) is 3. The van der Waals surface area contributed by atoms with Gasteiger partial charge in [0.1, 0.15) is 7.05 Å². The van der Waals surface area contributed by atoms with Crippen molar-refractivity contribution in [2.75, 3.05) is 18.5 Å². The number of fused-ring (bicyclic) bond motifs is 6. The predicted octanol–water partition coefficient (Wildman–Crippen LogP) is 11.6. The van der Waals surface area contributed by atoms with E-state index in [0.717, 1.165) is 19.4 Å². The number of nitrogens with zero attached hydrogens (tertiary/aromatic N) is 2. The fraction of sp³-hybridized carbons (Fsp3) is 0.348. The summed E-state index contributed by atoms with van der Waals surface area (Å²) in [6.45, 7) is 12.7. The monoisotopic (exact) mass is 665 g/mol.